The zero-order valence-electron chi connectivity index (χ0n) is 32.1. The first-order chi connectivity index (χ1) is 27.3. The Hall–Kier alpha value is -5.70. The van der Waals surface area contributed by atoms with Gasteiger partial charge in [-0.15, -0.1) is 0 Å². The Morgan fingerprint density at radius 1 is 0.714 bits per heavy atom. The molecule has 4 heterocycles. The normalized spacial score (nSPS) is 21.2. The Morgan fingerprint density at radius 2 is 1.25 bits per heavy atom. The number of aromatic nitrogens is 4. The van der Waals surface area contributed by atoms with Crippen LogP contribution in [0, 0.1) is 5.92 Å². The van der Waals surface area contributed by atoms with Gasteiger partial charge in [-0.3, -0.25) is 9.59 Å². The predicted molar refractivity (Wildman–Crippen MR) is 207 cm³/mol. The van der Waals surface area contributed by atoms with Crippen molar-refractivity contribution >= 4 is 24.0 Å². The Kier molecular flexibility index (Phi) is 12.0. The monoisotopic (exact) mass is 766 g/mol. The second kappa shape index (κ2) is 17.4. The summed E-state index contributed by atoms with van der Waals surface area (Å²) in [5.41, 5.74) is 5.82. The number of nitrogens with zero attached hydrogens (tertiary/aromatic N) is 4. The molecular formula is C41H50N8O7. The van der Waals surface area contributed by atoms with Crippen LogP contribution in [0.25, 0.3) is 33.6 Å². The van der Waals surface area contributed by atoms with Crippen LogP contribution < -0.4 is 10.6 Å². The largest absolute Gasteiger partial charge is 0.453 e. The van der Waals surface area contributed by atoms with Crippen LogP contribution in [-0.4, -0.2) is 107 Å². The van der Waals surface area contributed by atoms with E-state index in [1.807, 2.05) is 23.2 Å². The van der Waals surface area contributed by atoms with E-state index in [1.165, 1.54) is 14.2 Å². The van der Waals surface area contributed by atoms with Gasteiger partial charge in [-0.25, -0.2) is 19.6 Å². The molecule has 0 radical (unpaired) electrons. The minimum Gasteiger partial charge on any atom is -0.453 e. The Morgan fingerprint density at radius 3 is 1.80 bits per heavy atom. The minimum atomic E-state index is -0.758. The number of likely N-dealkylation sites (tertiary alicyclic amines) is 2. The third kappa shape index (κ3) is 8.27. The van der Waals surface area contributed by atoms with Crippen LogP contribution in [0.2, 0.25) is 0 Å². The number of carbonyl (C=O) groups is 4. The molecule has 4 N–H and O–H groups in total. The van der Waals surface area contributed by atoms with Gasteiger partial charge in [-0.1, -0.05) is 55.0 Å². The summed E-state index contributed by atoms with van der Waals surface area (Å²) in [5.74, 6) is 1.11. The summed E-state index contributed by atoms with van der Waals surface area (Å²) in [6, 6.07) is 15.2. The van der Waals surface area contributed by atoms with Crippen molar-refractivity contribution in [3.05, 3.63) is 72.6 Å². The number of H-pyrrole nitrogens is 2. The standard InChI is InChI=1S/C41H50N8O7/c1-54-22-19-31(47-41(53)56-3)39(51)49-21-6-10-35(49)37-43-24-33(45-37)28-17-13-26(14-18-28)25-11-15-27(16-12-25)32-23-42-36(44-32)34-9-5-20-48(34)38(50)29-7-4-8-30(29)46-40(52)55-2/h11-18,23-24,29-31,34-35H,4-10,19-22H2,1-3H3,(H,42,44)(H,43,45)(H,46,52)(H,47,53)/t29?,30-,31-,34-,35-/m0/s1. The van der Waals surface area contributed by atoms with E-state index in [0.717, 1.165) is 84.4 Å². The molecule has 0 spiro atoms. The van der Waals surface area contributed by atoms with Crippen molar-refractivity contribution < 1.29 is 33.4 Å². The van der Waals surface area contributed by atoms with Crippen molar-refractivity contribution in [1.82, 2.24) is 40.4 Å². The molecule has 0 bridgehead atoms. The lowest BCUT2D eigenvalue weighted by Crippen LogP contribution is -2.49. The molecule has 2 aromatic carbocycles. The van der Waals surface area contributed by atoms with Crippen molar-refractivity contribution in [2.75, 3.05) is 41.0 Å². The number of imidazole rings is 2. The highest BCUT2D eigenvalue weighted by Crippen LogP contribution is 2.37. The Bertz CT molecular complexity index is 1990. The van der Waals surface area contributed by atoms with Gasteiger partial charge < -0.3 is 44.6 Å². The molecule has 1 unspecified atom stereocenters. The summed E-state index contributed by atoms with van der Waals surface area (Å²) in [4.78, 5) is 71.1. The quantitative estimate of drug-likeness (QED) is 0.140. The van der Waals surface area contributed by atoms with E-state index in [-0.39, 0.29) is 35.9 Å². The number of hydrogen-bond donors (Lipinski definition) is 4. The molecule has 2 aliphatic heterocycles. The number of benzene rings is 2. The highest BCUT2D eigenvalue weighted by atomic mass is 16.5. The van der Waals surface area contributed by atoms with E-state index in [2.05, 4.69) is 62.0 Å². The number of carbonyl (C=O) groups excluding carboxylic acids is 4. The van der Waals surface area contributed by atoms with Crippen LogP contribution >= 0.6 is 0 Å². The molecule has 15 nitrogen and oxygen atoms in total. The van der Waals surface area contributed by atoms with Crippen LogP contribution in [0.4, 0.5) is 9.59 Å². The predicted octanol–water partition coefficient (Wildman–Crippen LogP) is 5.75. The number of aromatic amines is 2. The lowest BCUT2D eigenvalue weighted by atomic mass is 10.0. The maximum atomic E-state index is 13.7. The number of ether oxygens (including phenoxy) is 3. The third-order valence-electron chi connectivity index (χ3n) is 11.3. The first-order valence-corrected chi connectivity index (χ1v) is 19.4. The summed E-state index contributed by atoms with van der Waals surface area (Å²) in [6.45, 7) is 1.56. The zero-order valence-corrected chi connectivity index (χ0v) is 32.1. The van der Waals surface area contributed by atoms with Gasteiger partial charge in [0.2, 0.25) is 11.8 Å². The summed E-state index contributed by atoms with van der Waals surface area (Å²) in [5, 5.41) is 5.51. The van der Waals surface area contributed by atoms with Gasteiger partial charge in [0.25, 0.3) is 0 Å². The smallest absolute Gasteiger partial charge is 0.407 e. The SMILES string of the molecule is COCC[C@H](NC(=O)OC)C(=O)N1CCC[C@H]1c1ncc(-c2ccc(-c3ccc(-c4cnc([C@@H]5CCCN5C(=O)C5CCC[C@@H]5NC(=O)OC)[nH]4)cc3)cc2)[nH]1. The lowest BCUT2D eigenvalue weighted by Gasteiger charge is -2.29. The Balaban J connectivity index is 0.984. The van der Waals surface area contributed by atoms with Gasteiger partial charge >= 0.3 is 12.2 Å². The first kappa shape index (κ1) is 38.6. The summed E-state index contributed by atoms with van der Waals surface area (Å²) < 4.78 is 14.7. The maximum absolute atomic E-state index is 13.7. The van der Waals surface area contributed by atoms with E-state index >= 15 is 0 Å². The maximum Gasteiger partial charge on any atom is 0.407 e. The summed E-state index contributed by atoms with van der Waals surface area (Å²) >= 11 is 0. The third-order valence-corrected chi connectivity index (χ3v) is 11.3. The number of nitrogens with one attached hydrogen (secondary N) is 4. The van der Waals surface area contributed by atoms with Crippen LogP contribution in [0.15, 0.2) is 60.9 Å². The van der Waals surface area contributed by atoms with Crippen LogP contribution in [0.3, 0.4) is 0 Å². The van der Waals surface area contributed by atoms with Crippen molar-refractivity contribution in [3.63, 3.8) is 0 Å². The molecule has 7 rings (SSSR count). The lowest BCUT2D eigenvalue weighted by molar-refractivity contribution is -0.137. The van der Waals surface area contributed by atoms with Gasteiger partial charge in [-0.2, -0.15) is 0 Å². The molecular weight excluding hydrogens is 716 g/mol. The average molecular weight is 767 g/mol. The number of hydrogen-bond acceptors (Lipinski definition) is 9. The van der Waals surface area contributed by atoms with E-state index in [1.54, 1.807) is 18.2 Å². The van der Waals surface area contributed by atoms with Gasteiger partial charge in [0.15, 0.2) is 0 Å². The average Bonchev–Trinajstić information content (AvgIpc) is 4.08. The molecule has 15 heteroatoms. The van der Waals surface area contributed by atoms with E-state index in [0.29, 0.717) is 31.9 Å². The fraction of sp³-hybridized carbons (Fsp3) is 0.463. The highest BCUT2D eigenvalue weighted by molar-refractivity contribution is 5.86. The minimum absolute atomic E-state index is 0.0681. The van der Waals surface area contributed by atoms with Gasteiger partial charge in [0.05, 0.1) is 56.0 Å². The molecule has 56 heavy (non-hydrogen) atoms. The molecule has 2 saturated heterocycles. The Labute approximate surface area is 325 Å². The van der Waals surface area contributed by atoms with Crippen LogP contribution in [0.1, 0.15) is 75.1 Å². The number of alkyl carbamates (subject to hydrolysis) is 2. The number of methoxy groups -OCH3 is 3. The van der Waals surface area contributed by atoms with E-state index in [9.17, 15) is 19.2 Å². The van der Waals surface area contributed by atoms with E-state index in [4.69, 9.17) is 19.2 Å². The molecule has 4 amide bonds. The van der Waals surface area contributed by atoms with Crippen molar-refractivity contribution in [2.24, 2.45) is 5.92 Å². The second-order valence-electron chi connectivity index (χ2n) is 14.6. The highest BCUT2D eigenvalue weighted by Gasteiger charge is 2.41. The van der Waals surface area contributed by atoms with Crippen LogP contribution in [-0.2, 0) is 23.8 Å². The summed E-state index contributed by atoms with van der Waals surface area (Å²) in [6.07, 6.45) is 8.53. The van der Waals surface area contributed by atoms with Crippen LogP contribution in [0.5, 0.6) is 0 Å². The van der Waals surface area contributed by atoms with E-state index < -0.39 is 18.2 Å². The molecule has 3 aliphatic rings. The fourth-order valence-electron chi connectivity index (χ4n) is 8.37. The molecule has 5 atom stereocenters. The van der Waals surface area contributed by atoms with Crippen molar-refractivity contribution in [1.29, 1.82) is 0 Å². The molecule has 2 aromatic heterocycles. The van der Waals surface area contributed by atoms with Gasteiger partial charge in [-0.05, 0) is 60.8 Å². The molecule has 296 valence electrons. The molecule has 4 aromatic rings. The fourth-order valence-corrected chi connectivity index (χ4v) is 8.37. The molecule has 3 fully saturated rings. The number of rotatable bonds is 12. The van der Waals surface area contributed by atoms with Gasteiger partial charge in [0, 0.05) is 39.3 Å². The molecule has 1 saturated carbocycles. The van der Waals surface area contributed by atoms with Crippen molar-refractivity contribution in [2.45, 2.75) is 75.5 Å². The summed E-state index contributed by atoms with van der Waals surface area (Å²) in [7, 11) is 4.17. The molecule has 1 aliphatic carbocycles. The topological polar surface area (TPSA) is 184 Å². The number of amides is 4. The first-order valence-electron chi connectivity index (χ1n) is 19.4. The van der Waals surface area contributed by atoms with Gasteiger partial charge in [0.1, 0.15) is 17.7 Å². The van der Waals surface area contributed by atoms with Crippen molar-refractivity contribution in [3.8, 4) is 33.6 Å². The zero-order chi connectivity index (χ0) is 39.2. The second-order valence-corrected chi connectivity index (χ2v) is 14.6.